The van der Waals surface area contributed by atoms with Gasteiger partial charge in [-0.3, -0.25) is 0 Å². The standard InChI is InChI=1S/C15H19NO/c1-12-4-8-14(9-5-12)17-15-10-6-13(7-11-15)16(2)3/h4,6-12H,5H2,1-3H3. The topological polar surface area (TPSA) is 12.5 Å². The maximum absolute atomic E-state index is 5.79. The molecule has 2 nitrogen and oxygen atoms in total. The van der Waals surface area contributed by atoms with E-state index >= 15 is 0 Å². The van der Waals surface area contributed by atoms with Crippen LogP contribution in [0.5, 0.6) is 5.75 Å². The third-order valence-electron chi connectivity index (χ3n) is 2.87. The van der Waals surface area contributed by atoms with Gasteiger partial charge in [-0.1, -0.05) is 13.0 Å². The van der Waals surface area contributed by atoms with Crippen LogP contribution in [0, 0.1) is 5.92 Å². The normalized spacial score (nSPS) is 18.8. The lowest BCUT2D eigenvalue weighted by Gasteiger charge is -2.15. The van der Waals surface area contributed by atoms with Gasteiger partial charge in [0.1, 0.15) is 11.5 Å². The molecule has 1 atom stereocenters. The zero-order valence-electron chi connectivity index (χ0n) is 10.7. The van der Waals surface area contributed by atoms with E-state index in [9.17, 15) is 0 Å². The Morgan fingerprint density at radius 2 is 1.88 bits per heavy atom. The minimum atomic E-state index is 0.624. The molecule has 0 aromatic heterocycles. The summed E-state index contributed by atoms with van der Waals surface area (Å²) in [5.41, 5.74) is 1.18. The number of benzene rings is 1. The third kappa shape index (κ3) is 3.13. The predicted molar refractivity (Wildman–Crippen MR) is 72.4 cm³/mol. The van der Waals surface area contributed by atoms with E-state index in [4.69, 9.17) is 4.74 Å². The molecule has 1 aromatic carbocycles. The van der Waals surface area contributed by atoms with Crippen molar-refractivity contribution in [3.05, 3.63) is 48.3 Å². The molecule has 17 heavy (non-hydrogen) atoms. The average Bonchev–Trinajstić information content (AvgIpc) is 2.33. The van der Waals surface area contributed by atoms with Crippen LogP contribution in [-0.4, -0.2) is 14.1 Å². The monoisotopic (exact) mass is 229 g/mol. The fourth-order valence-electron chi connectivity index (χ4n) is 1.73. The van der Waals surface area contributed by atoms with Crippen LogP contribution >= 0.6 is 0 Å². The van der Waals surface area contributed by atoms with Crippen LogP contribution < -0.4 is 9.64 Å². The van der Waals surface area contributed by atoms with E-state index in [1.54, 1.807) is 0 Å². The number of hydrogen-bond acceptors (Lipinski definition) is 2. The van der Waals surface area contributed by atoms with E-state index < -0.39 is 0 Å². The van der Waals surface area contributed by atoms with Crippen LogP contribution in [0.3, 0.4) is 0 Å². The highest BCUT2D eigenvalue weighted by atomic mass is 16.5. The summed E-state index contributed by atoms with van der Waals surface area (Å²) >= 11 is 0. The molecule has 0 saturated carbocycles. The summed E-state index contributed by atoms with van der Waals surface area (Å²) in [6.45, 7) is 2.20. The van der Waals surface area contributed by atoms with Crippen molar-refractivity contribution in [1.82, 2.24) is 0 Å². The van der Waals surface area contributed by atoms with E-state index in [1.165, 1.54) is 5.69 Å². The zero-order chi connectivity index (χ0) is 12.3. The van der Waals surface area contributed by atoms with E-state index in [0.29, 0.717) is 5.92 Å². The van der Waals surface area contributed by atoms with Crippen molar-refractivity contribution < 1.29 is 4.74 Å². The average molecular weight is 229 g/mol. The largest absolute Gasteiger partial charge is 0.458 e. The minimum Gasteiger partial charge on any atom is -0.458 e. The van der Waals surface area contributed by atoms with Crippen molar-refractivity contribution in [2.24, 2.45) is 5.92 Å². The lowest BCUT2D eigenvalue weighted by molar-refractivity contribution is 0.435. The van der Waals surface area contributed by atoms with Gasteiger partial charge in [-0.15, -0.1) is 0 Å². The zero-order valence-corrected chi connectivity index (χ0v) is 10.7. The second-order valence-corrected chi connectivity index (χ2v) is 4.67. The van der Waals surface area contributed by atoms with Crippen molar-refractivity contribution >= 4 is 5.69 Å². The number of anilines is 1. The highest BCUT2D eigenvalue weighted by Gasteiger charge is 2.05. The Bertz CT molecular complexity index is 429. The molecule has 0 bridgehead atoms. The maximum Gasteiger partial charge on any atom is 0.127 e. The summed E-state index contributed by atoms with van der Waals surface area (Å²) in [5, 5.41) is 0. The molecule has 0 spiro atoms. The quantitative estimate of drug-likeness (QED) is 0.785. The number of rotatable bonds is 3. The molecule has 1 unspecified atom stereocenters. The van der Waals surface area contributed by atoms with Gasteiger partial charge < -0.3 is 9.64 Å². The first kappa shape index (κ1) is 11.8. The van der Waals surface area contributed by atoms with Crippen LogP contribution in [-0.2, 0) is 0 Å². The van der Waals surface area contributed by atoms with Crippen molar-refractivity contribution in [3.8, 4) is 5.75 Å². The summed E-state index contributed by atoms with van der Waals surface area (Å²) < 4.78 is 5.79. The molecule has 1 aromatic rings. The highest BCUT2D eigenvalue weighted by Crippen LogP contribution is 2.22. The van der Waals surface area contributed by atoms with Crippen molar-refractivity contribution in [1.29, 1.82) is 0 Å². The summed E-state index contributed by atoms with van der Waals surface area (Å²) in [7, 11) is 4.06. The molecule has 0 aliphatic heterocycles. The van der Waals surface area contributed by atoms with Crippen LogP contribution in [0.15, 0.2) is 48.3 Å². The first-order chi connectivity index (χ1) is 8.15. The van der Waals surface area contributed by atoms with Gasteiger partial charge in [0.25, 0.3) is 0 Å². The SMILES string of the molecule is CC1C=CC(Oc2ccc(N(C)C)cc2)=CC1. The summed E-state index contributed by atoms with van der Waals surface area (Å²) in [4.78, 5) is 2.07. The van der Waals surface area contributed by atoms with E-state index in [0.717, 1.165) is 17.9 Å². The fraction of sp³-hybridized carbons (Fsp3) is 0.333. The van der Waals surface area contributed by atoms with Gasteiger partial charge in [-0.2, -0.15) is 0 Å². The Labute approximate surface area is 103 Å². The Morgan fingerprint density at radius 3 is 2.41 bits per heavy atom. The summed E-state index contributed by atoms with van der Waals surface area (Å²) in [6.07, 6.45) is 7.43. The van der Waals surface area contributed by atoms with Crippen LogP contribution in [0.2, 0.25) is 0 Å². The van der Waals surface area contributed by atoms with Crippen LogP contribution in [0.1, 0.15) is 13.3 Å². The lowest BCUT2D eigenvalue weighted by atomic mass is 10.0. The summed E-state index contributed by atoms with van der Waals surface area (Å²) in [6, 6.07) is 8.13. The molecule has 0 radical (unpaired) electrons. The van der Waals surface area contributed by atoms with Crippen LogP contribution in [0.4, 0.5) is 5.69 Å². The lowest BCUT2D eigenvalue weighted by Crippen LogP contribution is -2.08. The molecule has 0 saturated heterocycles. The Hall–Kier alpha value is -1.70. The molecular weight excluding hydrogens is 210 g/mol. The second kappa shape index (κ2) is 5.09. The number of nitrogens with zero attached hydrogens (tertiary/aromatic N) is 1. The van der Waals surface area contributed by atoms with E-state index in [-0.39, 0.29) is 0 Å². The van der Waals surface area contributed by atoms with Gasteiger partial charge in [0, 0.05) is 19.8 Å². The smallest absolute Gasteiger partial charge is 0.127 e. The Balaban J connectivity index is 2.02. The summed E-state index contributed by atoms with van der Waals surface area (Å²) in [5.74, 6) is 2.46. The maximum atomic E-state index is 5.79. The molecule has 0 amide bonds. The number of ether oxygens (including phenoxy) is 1. The van der Waals surface area contributed by atoms with Crippen molar-refractivity contribution in [2.45, 2.75) is 13.3 Å². The molecular formula is C15H19NO. The first-order valence-corrected chi connectivity index (χ1v) is 5.99. The molecule has 0 heterocycles. The van der Waals surface area contributed by atoms with Crippen molar-refractivity contribution in [3.63, 3.8) is 0 Å². The third-order valence-corrected chi connectivity index (χ3v) is 2.87. The second-order valence-electron chi connectivity index (χ2n) is 4.67. The van der Waals surface area contributed by atoms with Gasteiger partial charge in [-0.25, -0.2) is 0 Å². The van der Waals surface area contributed by atoms with Gasteiger partial charge in [0.05, 0.1) is 0 Å². The van der Waals surface area contributed by atoms with E-state index in [1.807, 2.05) is 32.3 Å². The number of allylic oxidation sites excluding steroid dienone is 3. The molecule has 2 rings (SSSR count). The van der Waals surface area contributed by atoms with Gasteiger partial charge in [0.15, 0.2) is 0 Å². The van der Waals surface area contributed by atoms with Crippen molar-refractivity contribution in [2.75, 3.05) is 19.0 Å². The fourth-order valence-corrected chi connectivity index (χ4v) is 1.73. The predicted octanol–water partition coefficient (Wildman–Crippen LogP) is 3.61. The van der Waals surface area contributed by atoms with Gasteiger partial charge >= 0.3 is 0 Å². The van der Waals surface area contributed by atoms with Crippen LogP contribution in [0.25, 0.3) is 0 Å². The minimum absolute atomic E-state index is 0.624. The molecule has 2 heteroatoms. The van der Waals surface area contributed by atoms with Gasteiger partial charge in [0.2, 0.25) is 0 Å². The Kier molecular flexibility index (Phi) is 3.52. The first-order valence-electron chi connectivity index (χ1n) is 5.99. The molecule has 0 fully saturated rings. The molecule has 0 N–H and O–H groups in total. The molecule has 1 aliphatic rings. The number of hydrogen-bond donors (Lipinski definition) is 0. The highest BCUT2D eigenvalue weighted by molar-refractivity contribution is 5.48. The van der Waals surface area contributed by atoms with Gasteiger partial charge in [-0.05, 0) is 48.8 Å². The molecule has 90 valence electrons. The Morgan fingerprint density at radius 1 is 1.18 bits per heavy atom. The van der Waals surface area contributed by atoms with E-state index in [2.05, 4.69) is 36.1 Å². The molecule has 1 aliphatic carbocycles.